The molecule has 0 aromatic heterocycles. The van der Waals surface area contributed by atoms with Crippen molar-refractivity contribution >= 4 is 23.5 Å². The maximum atomic E-state index is 11.1. The first-order chi connectivity index (χ1) is 8.08. The van der Waals surface area contributed by atoms with E-state index in [9.17, 15) is 15.0 Å². The highest BCUT2D eigenvalue weighted by molar-refractivity contribution is 6.30. The summed E-state index contributed by atoms with van der Waals surface area (Å²) in [6, 6.07) is 7.14. The lowest BCUT2D eigenvalue weighted by atomic mass is 10.1. The van der Waals surface area contributed by atoms with E-state index in [1.54, 1.807) is 24.3 Å². The molecule has 1 aliphatic rings. The molecule has 4 heteroatoms. The number of hydrogen-bond acceptors (Lipinski definition) is 3. The molecule has 0 bridgehead atoms. The fraction of sp³-hybridized carbons (Fsp3) is 0.154. The molecule has 0 heterocycles. The highest BCUT2D eigenvalue weighted by Gasteiger charge is 2.31. The minimum atomic E-state index is -1.33. The van der Waals surface area contributed by atoms with Gasteiger partial charge in [-0.25, -0.2) is 0 Å². The van der Waals surface area contributed by atoms with Gasteiger partial charge in [-0.3, -0.25) is 4.79 Å². The summed E-state index contributed by atoms with van der Waals surface area (Å²) in [7, 11) is 0. The Hall–Kier alpha value is -1.42. The summed E-state index contributed by atoms with van der Waals surface area (Å²) in [5.41, 5.74) is 1.31. The molecule has 17 heavy (non-hydrogen) atoms. The minimum Gasteiger partial charge on any atom is -0.385 e. The lowest BCUT2D eigenvalue weighted by Crippen LogP contribution is -2.27. The monoisotopic (exact) mass is 250 g/mol. The van der Waals surface area contributed by atoms with E-state index in [-0.39, 0.29) is 0 Å². The van der Waals surface area contributed by atoms with Crippen molar-refractivity contribution in [1.82, 2.24) is 0 Å². The number of aliphatic hydroxyl groups excluding tert-OH is 2. The Balaban J connectivity index is 2.14. The van der Waals surface area contributed by atoms with Gasteiger partial charge in [0.25, 0.3) is 0 Å². The van der Waals surface area contributed by atoms with Crippen LogP contribution in [0.3, 0.4) is 0 Å². The Morgan fingerprint density at radius 2 is 1.71 bits per heavy atom. The van der Waals surface area contributed by atoms with Crippen LogP contribution in [0.15, 0.2) is 42.0 Å². The van der Waals surface area contributed by atoms with Gasteiger partial charge in [0.15, 0.2) is 5.78 Å². The number of carbonyl (C=O) groups excluding carboxylic acids is 1. The van der Waals surface area contributed by atoms with Gasteiger partial charge in [-0.1, -0.05) is 35.9 Å². The molecule has 1 aromatic rings. The van der Waals surface area contributed by atoms with E-state index in [0.29, 0.717) is 10.6 Å². The number of ketones is 1. The molecule has 3 nitrogen and oxygen atoms in total. The van der Waals surface area contributed by atoms with Crippen LogP contribution in [0.5, 0.6) is 0 Å². The van der Waals surface area contributed by atoms with Crippen molar-refractivity contribution in [2.45, 2.75) is 12.2 Å². The summed E-state index contributed by atoms with van der Waals surface area (Å²) in [4.78, 5) is 11.1. The van der Waals surface area contributed by atoms with E-state index < -0.39 is 18.0 Å². The van der Waals surface area contributed by atoms with Gasteiger partial charge >= 0.3 is 0 Å². The molecule has 1 aliphatic carbocycles. The lowest BCUT2D eigenvalue weighted by Gasteiger charge is -2.07. The van der Waals surface area contributed by atoms with E-state index in [2.05, 4.69) is 0 Å². The summed E-state index contributed by atoms with van der Waals surface area (Å²) in [6.07, 6.45) is 2.14. The topological polar surface area (TPSA) is 57.5 Å². The van der Waals surface area contributed by atoms with E-state index in [0.717, 1.165) is 5.56 Å². The van der Waals surface area contributed by atoms with Crippen LogP contribution >= 0.6 is 11.6 Å². The standard InChI is InChI=1S/C13H11ClO3/c14-10-5-2-8(3-6-10)1-4-9-7-11(15)13(17)12(9)16/h1-7,12-13,16-17H/b4-1+/t12-,13-/m0/s1. The summed E-state index contributed by atoms with van der Waals surface area (Å²) < 4.78 is 0. The number of halogens is 1. The normalized spacial score (nSPS) is 24.4. The van der Waals surface area contributed by atoms with Gasteiger partial charge in [0, 0.05) is 5.02 Å². The van der Waals surface area contributed by atoms with Crippen LogP contribution in [0.4, 0.5) is 0 Å². The molecule has 0 radical (unpaired) electrons. The van der Waals surface area contributed by atoms with Crippen molar-refractivity contribution in [3.63, 3.8) is 0 Å². The van der Waals surface area contributed by atoms with Crippen molar-refractivity contribution in [3.8, 4) is 0 Å². The molecule has 0 amide bonds. The van der Waals surface area contributed by atoms with E-state index in [1.165, 1.54) is 6.08 Å². The second-order valence-corrected chi connectivity index (χ2v) is 4.26. The molecule has 2 N–H and O–H groups in total. The SMILES string of the molecule is O=C1C=C(/C=C/c2ccc(Cl)cc2)[C@H](O)[C@H]1O. The predicted octanol–water partition coefficient (Wildman–Crippen LogP) is 1.58. The van der Waals surface area contributed by atoms with Crippen molar-refractivity contribution in [1.29, 1.82) is 0 Å². The molecule has 0 fully saturated rings. The van der Waals surface area contributed by atoms with Crippen LogP contribution < -0.4 is 0 Å². The fourth-order valence-electron chi connectivity index (χ4n) is 1.59. The summed E-state index contributed by atoms with van der Waals surface area (Å²) in [5.74, 6) is -0.465. The van der Waals surface area contributed by atoms with Crippen LogP contribution in [-0.4, -0.2) is 28.2 Å². The second-order valence-electron chi connectivity index (χ2n) is 3.82. The van der Waals surface area contributed by atoms with Gasteiger partial charge < -0.3 is 10.2 Å². The molecule has 0 saturated carbocycles. The Bertz CT molecular complexity index is 488. The molecular formula is C13H11ClO3. The zero-order valence-corrected chi connectivity index (χ0v) is 9.63. The molecule has 2 rings (SSSR count). The first-order valence-electron chi connectivity index (χ1n) is 5.13. The van der Waals surface area contributed by atoms with Crippen LogP contribution in [0, 0.1) is 0 Å². The molecule has 0 saturated heterocycles. The number of aliphatic hydroxyl groups is 2. The van der Waals surface area contributed by atoms with Crippen LogP contribution in [-0.2, 0) is 4.79 Å². The zero-order chi connectivity index (χ0) is 12.4. The van der Waals surface area contributed by atoms with Gasteiger partial charge in [-0.2, -0.15) is 0 Å². The fourth-order valence-corrected chi connectivity index (χ4v) is 1.71. The predicted molar refractivity (Wildman–Crippen MR) is 65.6 cm³/mol. The molecule has 0 aliphatic heterocycles. The second kappa shape index (κ2) is 4.84. The Kier molecular flexibility index (Phi) is 3.43. The summed E-state index contributed by atoms with van der Waals surface area (Å²) in [6.45, 7) is 0. The van der Waals surface area contributed by atoms with Crippen molar-refractivity contribution in [3.05, 3.63) is 52.6 Å². The molecule has 0 spiro atoms. The highest BCUT2D eigenvalue weighted by Crippen LogP contribution is 2.19. The Labute approximate surface area is 104 Å². The van der Waals surface area contributed by atoms with Crippen LogP contribution in [0.1, 0.15) is 5.56 Å². The largest absolute Gasteiger partial charge is 0.385 e. The maximum Gasteiger partial charge on any atom is 0.187 e. The first-order valence-corrected chi connectivity index (χ1v) is 5.51. The molecule has 0 unspecified atom stereocenters. The molecule has 1 aromatic carbocycles. The minimum absolute atomic E-state index is 0.414. The third-order valence-corrected chi connectivity index (χ3v) is 2.83. The number of benzene rings is 1. The van der Waals surface area contributed by atoms with E-state index in [1.807, 2.05) is 12.1 Å². The zero-order valence-electron chi connectivity index (χ0n) is 8.88. The first kappa shape index (κ1) is 12.0. The molecule has 88 valence electrons. The average molecular weight is 251 g/mol. The molecular weight excluding hydrogens is 240 g/mol. The van der Waals surface area contributed by atoms with Gasteiger partial charge in [-0.05, 0) is 29.3 Å². The third-order valence-electron chi connectivity index (χ3n) is 2.58. The van der Waals surface area contributed by atoms with Crippen molar-refractivity contribution in [2.75, 3.05) is 0 Å². The van der Waals surface area contributed by atoms with Crippen LogP contribution in [0.2, 0.25) is 5.02 Å². The average Bonchev–Trinajstić information content (AvgIpc) is 2.56. The van der Waals surface area contributed by atoms with Crippen molar-refractivity contribution in [2.24, 2.45) is 0 Å². The van der Waals surface area contributed by atoms with Gasteiger partial charge in [0.2, 0.25) is 0 Å². The van der Waals surface area contributed by atoms with Gasteiger partial charge in [-0.15, -0.1) is 0 Å². The van der Waals surface area contributed by atoms with E-state index in [4.69, 9.17) is 11.6 Å². The quantitative estimate of drug-likeness (QED) is 0.838. The number of hydrogen-bond donors (Lipinski definition) is 2. The smallest absolute Gasteiger partial charge is 0.187 e. The van der Waals surface area contributed by atoms with Gasteiger partial charge in [0.05, 0.1) is 0 Å². The van der Waals surface area contributed by atoms with Gasteiger partial charge in [0.1, 0.15) is 12.2 Å². The Morgan fingerprint density at radius 3 is 2.24 bits per heavy atom. The van der Waals surface area contributed by atoms with Crippen molar-refractivity contribution < 1.29 is 15.0 Å². The Morgan fingerprint density at radius 1 is 1.06 bits per heavy atom. The van der Waals surface area contributed by atoms with Crippen LogP contribution in [0.25, 0.3) is 6.08 Å². The maximum absolute atomic E-state index is 11.1. The third kappa shape index (κ3) is 2.64. The summed E-state index contributed by atoms with van der Waals surface area (Å²) in [5, 5.41) is 19.5. The number of carbonyl (C=O) groups is 1. The van der Waals surface area contributed by atoms with E-state index >= 15 is 0 Å². The lowest BCUT2D eigenvalue weighted by molar-refractivity contribution is -0.124. The number of rotatable bonds is 2. The summed E-state index contributed by atoms with van der Waals surface area (Å²) >= 11 is 5.75. The highest BCUT2D eigenvalue weighted by atomic mass is 35.5. The molecule has 2 atom stereocenters.